The van der Waals surface area contributed by atoms with Crippen LogP contribution in [0, 0.1) is 0 Å². The topological polar surface area (TPSA) is 121 Å². The highest BCUT2D eigenvalue weighted by Gasteiger charge is 2.20. The molecule has 0 radical (unpaired) electrons. The number of ether oxygens (including phenoxy) is 1. The zero-order valence-corrected chi connectivity index (χ0v) is 18.7. The predicted molar refractivity (Wildman–Crippen MR) is 120 cm³/mol. The summed E-state index contributed by atoms with van der Waals surface area (Å²) in [4.78, 5) is 25.4. The van der Waals surface area contributed by atoms with E-state index in [-0.39, 0.29) is 29.7 Å². The van der Waals surface area contributed by atoms with Gasteiger partial charge in [-0.2, -0.15) is 15.3 Å². The van der Waals surface area contributed by atoms with Crippen LogP contribution in [-0.2, 0) is 27.4 Å². The van der Waals surface area contributed by atoms with Crippen LogP contribution in [0.4, 0.5) is 5.69 Å². The van der Waals surface area contributed by atoms with Gasteiger partial charge in [0.2, 0.25) is 0 Å². The molecule has 11 nitrogen and oxygen atoms in total. The van der Waals surface area contributed by atoms with Crippen LogP contribution in [0.1, 0.15) is 26.5 Å². The van der Waals surface area contributed by atoms with Crippen molar-refractivity contribution >= 4 is 29.1 Å². The van der Waals surface area contributed by atoms with E-state index in [0.717, 1.165) is 5.56 Å². The van der Waals surface area contributed by atoms with E-state index in [2.05, 4.69) is 25.9 Å². The molecular weight excluding hydrogens is 448 g/mol. The highest BCUT2D eigenvalue weighted by molar-refractivity contribution is 6.30. The molecule has 3 heterocycles. The second-order valence-electron chi connectivity index (χ2n) is 7.16. The maximum atomic E-state index is 12.7. The molecular formula is C21H21ClN8O3. The molecule has 0 aliphatic rings. The van der Waals surface area contributed by atoms with Crippen molar-refractivity contribution in [1.82, 2.24) is 34.7 Å². The lowest BCUT2D eigenvalue weighted by Crippen LogP contribution is -2.26. The number of rotatable bonds is 8. The highest BCUT2D eigenvalue weighted by Crippen LogP contribution is 2.17. The van der Waals surface area contributed by atoms with Gasteiger partial charge < -0.3 is 15.4 Å². The van der Waals surface area contributed by atoms with Crippen molar-refractivity contribution in [3.8, 4) is 5.75 Å². The number of aryl methyl sites for hydroxylation is 2. The maximum Gasteiger partial charge on any atom is 0.276 e. The zero-order valence-electron chi connectivity index (χ0n) is 17.9. The third-order valence-corrected chi connectivity index (χ3v) is 4.92. The SMILES string of the molecule is Cn1cc(CNC(=O)c2c(NC(=O)c3ccn(COc4ccc(Cl)cc4)n3)cnn2C)cn1. The molecule has 0 aliphatic carbocycles. The normalized spacial score (nSPS) is 10.8. The Bertz CT molecular complexity index is 1270. The van der Waals surface area contributed by atoms with Gasteiger partial charge >= 0.3 is 0 Å². The van der Waals surface area contributed by atoms with E-state index in [4.69, 9.17) is 16.3 Å². The van der Waals surface area contributed by atoms with Crippen molar-refractivity contribution in [3.05, 3.63) is 77.1 Å². The summed E-state index contributed by atoms with van der Waals surface area (Å²) in [7, 11) is 3.42. The predicted octanol–water partition coefficient (Wildman–Crippen LogP) is 2.22. The Morgan fingerprint density at radius 3 is 2.58 bits per heavy atom. The third kappa shape index (κ3) is 5.39. The van der Waals surface area contributed by atoms with Crippen molar-refractivity contribution in [2.24, 2.45) is 14.1 Å². The Labute approximate surface area is 193 Å². The zero-order chi connectivity index (χ0) is 23.4. The van der Waals surface area contributed by atoms with Gasteiger partial charge in [0.25, 0.3) is 11.8 Å². The minimum Gasteiger partial charge on any atom is -0.471 e. The van der Waals surface area contributed by atoms with Crippen LogP contribution < -0.4 is 15.4 Å². The molecule has 33 heavy (non-hydrogen) atoms. The standard InChI is InChI=1S/C21H21ClN8O3/c1-28-12-14(10-24-28)9-23-21(32)19-18(11-25-29(19)2)26-20(31)17-7-8-30(27-17)13-33-16-5-3-15(22)4-6-16/h3-8,10-12H,9,13H2,1-2H3,(H,23,32)(H,26,31). The molecule has 0 fully saturated rings. The molecule has 4 aromatic rings. The summed E-state index contributed by atoms with van der Waals surface area (Å²) in [5, 5.41) is 18.5. The summed E-state index contributed by atoms with van der Waals surface area (Å²) >= 11 is 5.86. The number of benzene rings is 1. The van der Waals surface area contributed by atoms with Crippen LogP contribution >= 0.6 is 11.6 Å². The molecule has 0 spiro atoms. The number of hydrogen-bond acceptors (Lipinski definition) is 6. The van der Waals surface area contributed by atoms with Crippen molar-refractivity contribution in [2.75, 3.05) is 5.32 Å². The molecule has 1 aromatic carbocycles. The van der Waals surface area contributed by atoms with E-state index in [0.29, 0.717) is 17.3 Å². The van der Waals surface area contributed by atoms with E-state index in [1.54, 1.807) is 67.7 Å². The number of carbonyl (C=O) groups excluding carboxylic acids is 2. The third-order valence-electron chi connectivity index (χ3n) is 4.66. The first-order valence-corrected chi connectivity index (χ1v) is 10.3. The number of carbonyl (C=O) groups is 2. The largest absolute Gasteiger partial charge is 0.471 e. The molecule has 4 rings (SSSR count). The van der Waals surface area contributed by atoms with Crippen molar-refractivity contribution in [3.63, 3.8) is 0 Å². The number of anilines is 1. The van der Waals surface area contributed by atoms with E-state index in [9.17, 15) is 9.59 Å². The fraction of sp³-hybridized carbons (Fsp3) is 0.190. The molecule has 3 aromatic heterocycles. The lowest BCUT2D eigenvalue weighted by molar-refractivity contribution is 0.0942. The van der Waals surface area contributed by atoms with Crippen LogP contribution in [0.5, 0.6) is 5.75 Å². The van der Waals surface area contributed by atoms with E-state index >= 15 is 0 Å². The molecule has 2 amide bonds. The monoisotopic (exact) mass is 468 g/mol. The quantitative estimate of drug-likeness (QED) is 0.409. The summed E-state index contributed by atoms with van der Waals surface area (Å²) < 4.78 is 10.1. The average molecular weight is 469 g/mol. The van der Waals surface area contributed by atoms with Gasteiger partial charge in [0.15, 0.2) is 12.4 Å². The van der Waals surface area contributed by atoms with Gasteiger partial charge in [0, 0.05) is 43.6 Å². The van der Waals surface area contributed by atoms with Crippen LogP contribution in [-0.4, -0.2) is 41.2 Å². The second-order valence-corrected chi connectivity index (χ2v) is 7.59. The Morgan fingerprint density at radius 1 is 1.06 bits per heavy atom. The fourth-order valence-electron chi connectivity index (χ4n) is 3.04. The number of aromatic nitrogens is 6. The lowest BCUT2D eigenvalue weighted by atomic mass is 10.3. The Hall–Kier alpha value is -4.12. The molecule has 0 unspecified atom stereocenters. The summed E-state index contributed by atoms with van der Waals surface area (Å²) in [6.07, 6.45) is 6.51. The van der Waals surface area contributed by atoms with Crippen molar-refractivity contribution in [1.29, 1.82) is 0 Å². The van der Waals surface area contributed by atoms with Crippen LogP contribution in [0.15, 0.2) is 55.1 Å². The fourth-order valence-corrected chi connectivity index (χ4v) is 3.17. The van der Waals surface area contributed by atoms with E-state index in [1.165, 1.54) is 15.6 Å². The first kappa shape index (κ1) is 22.1. The highest BCUT2D eigenvalue weighted by atomic mass is 35.5. The summed E-state index contributed by atoms with van der Waals surface area (Å²) in [5.74, 6) is -0.233. The molecule has 170 valence electrons. The number of amides is 2. The molecule has 0 saturated carbocycles. The minimum atomic E-state index is -0.477. The number of hydrogen-bond donors (Lipinski definition) is 2. The van der Waals surface area contributed by atoms with Gasteiger partial charge in [0.05, 0.1) is 18.1 Å². The maximum absolute atomic E-state index is 12.7. The Kier molecular flexibility index (Phi) is 6.41. The number of nitrogens with one attached hydrogen (secondary N) is 2. The Balaban J connectivity index is 1.37. The van der Waals surface area contributed by atoms with Crippen molar-refractivity contribution in [2.45, 2.75) is 13.3 Å². The molecule has 0 saturated heterocycles. The van der Waals surface area contributed by atoms with Gasteiger partial charge in [0.1, 0.15) is 11.4 Å². The van der Waals surface area contributed by atoms with Crippen LogP contribution in [0.2, 0.25) is 5.02 Å². The Morgan fingerprint density at radius 2 is 1.85 bits per heavy atom. The van der Waals surface area contributed by atoms with E-state index in [1.807, 2.05) is 0 Å². The summed E-state index contributed by atoms with van der Waals surface area (Å²) in [6.45, 7) is 0.410. The van der Waals surface area contributed by atoms with E-state index < -0.39 is 5.91 Å². The van der Waals surface area contributed by atoms with Gasteiger partial charge in [-0.25, -0.2) is 4.68 Å². The minimum absolute atomic E-state index is 0.115. The van der Waals surface area contributed by atoms with Gasteiger partial charge in [-0.15, -0.1) is 0 Å². The lowest BCUT2D eigenvalue weighted by Gasteiger charge is -2.08. The molecule has 12 heteroatoms. The second kappa shape index (κ2) is 9.57. The molecule has 0 atom stereocenters. The van der Waals surface area contributed by atoms with Crippen LogP contribution in [0.25, 0.3) is 0 Å². The van der Waals surface area contributed by atoms with Crippen molar-refractivity contribution < 1.29 is 14.3 Å². The first-order chi connectivity index (χ1) is 15.9. The van der Waals surface area contributed by atoms with Crippen LogP contribution in [0.3, 0.4) is 0 Å². The smallest absolute Gasteiger partial charge is 0.276 e. The summed E-state index contributed by atoms with van der Waals surface area (Å²) in [5.41, 5.74) is 1.51. The number of nitrogens with zero attached hydrogens (tertiary/aromatic N) is 6. The van der Waals surface area contributed by atoms with Gasteiger partial charge in [-0.3, -0.25) is 19.0 Å². The van der Waals surface area contributed by atoms with Gasteiger partial charge in [-0.1, -0.05) is 11.6 Å². The molecule has 0 bridgehead atoms. The number of halogens is 1. The average Bonchev–Trinajstić information content (AvgIpc) is 3.52. The molecule has 0 aliphatic heterocycles. The summed E-state index contributed by atoms with van der Waals surface area (Å²) in [6, 6.07) is 8.47. The first-order valence-electron chi connectivity index (χ1n) is 9.90. The molecule has 2 N–H and O–H groups in total. The van der Waals surface area contributed by atoms with Gasteiger partial charge in [-0.05, 0) is 30.3 Å².